The second kappa shape index (κ2) is 7.92. The zero-order chi connectivity index (χ0) is 23.2. The maximum absolute atomic E-state index is 15.3. The SMILES string of the molecule is Cc1ccc2c(oc3c(-c4ccc(-c5ccccc5)cc4)c(F)ccc32)c1-c1cncc[n+]1C. The highest BCUT2D eigenvalue weighted by molar-refractivity contribution is 6.13. The molecule has 6 aromatic rings. The van der Waals surface area contributed by atoms with Gasteiger partial charge in [-0.1, -0.05) is 66.7 Å². The summed E-state index contributed by atoms with van der Waals surface area (Å²) in [5.41, 5.74) is 7.76. The molecular weight excluding hydrogens is 423 g/mol. The number of nitrogens with zero attached hydrogens (tertiary/aromatic N) is 2. The van der Waals surface area contributed by atoms with Crippen LogP contribution in [0.25, 0.3) is 55.4 Å². The Morgan fingerprint density at radius 1 is 0.735 bits per heavy atom. The Hall–Kier alpha value is -4.31. The molecule has 0 N–H and O–H groups in total. The highest BCUT2D eigenvalue weighted by atomic mass is 19.1. The monoisotopic (exact) mass is 445 g/mol. The van der Waals surface area contributed by atoms with E-state index in [1.807, 2.05) is 66.5 Å². The third kappa shape index (κ3) is 3.19. The normalized spacial score (nSPS) is 11.4. The first-order valence-corrected chi connectivity index (χ1v) is 11.2. The summed E-state index contributed by atoms with van der Waals surface area (Å²) in [4.78, 5) is 4.31. The highest BCUT2D eigenvalue weighted by Crippen LogP contribution is 2.41. The minimum Gasteiger partial charge on any atom is -0.454 e. The molecule has 0 atom stereocenters. The molecule has 0 saturated carbocycles. The van der Waals surface area contributed by atoms with Crippen molar-refractivity contribution in [3.8, 4) is 33.5 Å². The van der Waals surface area contributed by atoms with E-state index in [0.717, 1.165) is 49.9 Å². The lowest BCUT2D eigenvalue weighted by Gasteiger charge is -2.07. The van der Waals surface area contributed by atoms with Crippen molar-refractivity contribution in [2.75, 3.05) is 0 Å². The summed E-state index contributed by atoms with van der Waals surface area (Å²) in [6.45, 7) is 2.05. The standard InChI is InChI=1S/C30H22FN2O/c1-19-8-13-23-24-14-15-25(31)28(22-11-9-21(10-12-22)20-6-4-3-5-7-20)30(24)34-29(23)27(19)26-18-32-16-17-33(26)2/h3-18H,1-2H3/q+1. The van der Waals surface area contributed by atoms with Gasteiger partial charge in [0, 0.05) is 10.8 Å². The summed E-state index contributed by atoms with van der Waals surface area (Å²) >= 11 is 0. The fraction of sp³-hybridized carbons (Fsp3) is 0.0667. The van der Waals surface area contributed by atoms with E-state index >= 15 is 4.39 Å². The van der Waals surface area contributed by atoms with Gasteiger partial charge < -0.3 is 4.42 Å². The van der Waals surface area contributed by atoms with E-state index in [-0.39, 0.29) is 5.82 Å². The summed E-state index contributed by atoms with van der Waals surface area (Å²) in [6.07, 6.45) is 5.50. The molecule has 0 spiro atoms. The van der Waals surface area contributed by atoms with E-state index in [4.69, 9.17) is 4.42 Å². The van der Waals surface area contributed by atoms with Gasteiger partial charge in [0.2, 0.25) is 5.69 Å². The third-order valence-electron chi connectivity index (χ3n) is 6.46. The summed E-state index contributed by atoms with van der Waals surface area (Å²) < 4.78 is 23.7. The Balaban J connectivity index is 1.59. The van der Waals surface area contributed by atoms with Gasteiger partial charge in [-0.2, -0.15) is 4.57 Å². The predicted octanol–water partition coefficient (Wildman–Crippen LogP) is 7.25. The van der Waals surface area contributed by atoms with Gasteiger partial charge in [-0.15, -0.1) is 0 Å². The predicted molar refractivity (Wildman–Crippen MR) is 134 cm³/mol. The number of aryl methyl sites for hydroxylation is 2. The van der Waals surface area contributed by atoms with Gasteiger partial charge in [0.1, 0.15) is 24.0 Å². The molecule has 4 heteroatoms. The summed E-state index contributed by atoms with van der Waals surface area (Å²) in [6, 6.07) is 25.6. The largest absolute Gasteiger partial charge is 0.454 e. The number of furan rings is 1. The van der Waals surface area contributed by atoms with Crippen LogP contribution in [0.5, 0.6) is 0 Å². The van der Waals surface area contributed by atoms with E-state index in [2.05, 4.69) is 36.2 Å². The molecule has 0 fully saturated rings. The molecule has 0 saturated heterocycles. The minimum atomic E-state index is -0.302. The third-order valence-corrected chi connectivity index (χ3v) is 6.46. The smallest absolute Gasteiger partial charge is 0.234 e. The number of fused-ring (bicyclic) bond motifs is 3. The molecule has 0 aliphatic rings. The van der Waals surface area contributed by atoms with Crippen LogP contribution in [0.3, 0.4) is 0 Å². The van der Waals surface area contributed by atoms with Gasteiger partial charge in [-0.25, -0.2) is 4.39 Å². The number of hydrogen-bond donors (Lipinski definition) is 0. The Kier molecular flexibility index (Phi) is 4.73. The van der Waals surface area contributed by atoms with Crippen LogP contribution in [0.1, 0.15) is 5.56 Å². The van der Waals surface area contributed by atoms with Crippen LogP contribution in [0.2, 0.25) is 0 Å². The summed E-state index contributed by atoms with van der Waals surface area (Å²) in [5.74, 6) is -0.302. The molecule has 0 unspecified atom stereocenters. The van der Waals surface area contributed by atoms with Crippen molar-refractivity contribution in [2.24, 2.45) is 7.05 Å². The van der Waals surface area contributed by atoms with E-state index in [9.17, 15) is 0 Å². The summed E-state index contributed by atoms with van der Waals surface area (Å²) in [7, 11) is 1.98. The lowest BCUT2D eigenvalue weighted by Crippen LogP contribution is -2.30. The van der Waals surface area contributed by atoms with E-state index < -0.39 is 0 Å². The van der Waals surface area contributed by atoms with Crippen LogP contribution in [-0.4, -0.2) is 4.98 Å². The molecule has 164 valence electrons. The van der Waals surface area contributed by atoms with Crippen LogP contribution in [0.4, 0.5) is 4.39 Å². The second-order valence-electron chi connectivity index (χ2n) is 8.55. The topological polar surface area (TPSA) is 29.9 Å². The number of halogens is 1. The molecular formula is C30H22FN2O+. The first kappa shape index (κ1) is 20.3. The Morgan fingerprint density at radius 2 is 1.38 bits per heavy atom. The zero-order valence-corrected chi connectivity index (χ0v) is 18.9. The fourth-order valence-corrected chi connectivity index (χ4v) is 4.69. The van der Waals surface area contributed by atoms with Gasteiger partial charge in [-0.05, 0) is 41.3 Å². The van der Waals surface area contributed by atoms with Gasteiger partial charge in [0.15, 0.2) is 6.20 Å². The minimum absolute atomic E-state index is 0.302. The molecule has 2 aromatic heterocycles. The van der Waals surface area contributed by atoms with Crippen LogP contribution >= 0.6 is 0 Å². The van der Waals surface area contributed by atoms with Gasteiger partial charge in [-0.3, -0.25) is 4.98 Å². The quantitative estimate of drug-likeness (QED) is 0.269. The molecule has 0 radical (unpaired) electrons. The zero-order valence-electron chi connectivity index (χ0n) is 18.9. The molecule has 0 bridgehead atoms. The molecule has 34 heavy (non-hydrogen) atoms. The average molecular weight is 446 g/mol. The Labute approximate surface area is 196 Å². The molecule has 6 rings (SSSR count). The van der Waals surface area contributed by atoms with Crippen molar-refractivity contribution >= 4 is 21.9 Å². The number of hydrogen-bond acceptors (Lipinski definition) is 2. The van der Waals surface area contributed by atoms with Crippen molar-refractivity contribution in [3.05, 3.63) is 109 Å². The van der Waals surface area contributed by atoms with Crippen LogP contribution in [0, 0.1) is 12.7 Å². The van der Waals surface area contributed by atoms with Gasteiger partial charge >= 0.3 is 0 Å². The van der Waals surface area contributed by atoms with Crippen molar-refractivity contribution < 1.29 is 13.4 Å². The molecule has 4 aromatic carbocycles. The summed E-state index contributed by atoms with van der Waals surface area (Å²) in [5, 5.41) is 1.85. The van der Waals surface area contributed by atoms with Crippen molar-refractivity contribution in [1.29, 1.82) is 0 Å². The van der Waals surface area contributed by atoms with E-state index in [1.54, 1.807) is 12.3 Å². The average Bonchev–Trinajstić information content (AvgIpc) is 3.24. The van der Waals surface area contributed by atoms with E-state index in [0.29, 0.717) is 11.1 Å². The first-order chi connectivity index (χ1) is 16.6. The van der Waals surface area contributed by atoms with Gasteiger partial charge in [0.05, 0.1) is 23.5 Å². The van der Waals surface area contributed by atoms with Gasteiger partial charge in [0.25, 0.3) is 0 Å². The molecule has 3 nitrogen and oxygen atoms in total. The second-order valence-corrected chi connectivity index (χ2v) is 8.55. The van der Waals surface area contributed by atoms with Crippen LogP contribution in [0.15, 0.2) is 102 Å². The maximum Gasteiger partial charge on any atom is 0.234 e. The highest BCUT2D eigenvalue weighted by Gasteiger charge is 2.23. The first-order valence-electron chi connectivity index (χ1n) is 11.2. The lowest BCUT2D eigenvalue weighted by atomic mass is 9.97. The molecule has 0 amide bonds. The molecule has 0 aliphatic heterocycles. The van der Waals surface area contributed by atoms with Crippen molar-refractivity contribution in [1.82, 2.24) is 4.98 Å². The van der Waals surface area contributed by atoms with Crippen LogP contribution in [-0.2, 0) is 7.05 Å². The number of aromatic nitrogens is 2. The van der Waals surface area contributed by atoms with E-state index in [1.165, 1.54) is 6.07 Å². The molecule has 0 aliphatic carbocycles. The van der Waals surface area contributed by atoms with Crippen molar-refractivity contribution in [2.45, 2.75) is 6.92 Å². The Bertz CT molecular complexity index is 1670. The lowest BCUT2D eigenvalue weighted by molar-refractivity contribution is -0.660. The molecule has 2 heterocycles. The maximum atomic E-state index is 15.3. The fourth-order valence-electron chi connectivity index (χ4n) is 4.69. The van der Waals surface area contributed by atoms with Crippen LogP contribution < -0.4 is 4.57 Å². The number of rotatable bonds is 3. The Morgan fingerprint density at radius 3 is 2.12 bits per heavy atom. The van der Waals surface area contributed by atoms with Crippen molar-refractivity contribution in [3.63, 3.8) is 0 Å². The number of benzene rings is 4.